The number of nitriles is 1. The van der Waals surface area contributed by atoms with Gasteiger partial charge in [0.05, 0.1) is 5.69 Å². The van der Waals surface area contributed by atoms with Crippen LogP contribution in [0.5, 0.6) is 0 Å². The first-order chi connectivity index (χ1) is 12.0. The first-order valence-corrected chi connectivity index (χ1v) is 8.12. The second kappa shape index (κ2) is 6.40. The Kier molecular flexibility index (Phi) is 4.28. The number of H-pyrrole nitrogens is 1. The number of carbonyl (C=O) groups excluding carboxylic acids is 1. The number of hydrogen-bond acceptors (Lipinski definition) is 4. The zero-order valence-corrected chi connectivity index (χ0v) is 14.2. The van der Waals surface area contributed by atoms with Crippen LogP contribution in [0.25, 0.3) is 11.2 Å². The predicted octanol–water partition coefficient (Wildman–Crippen LogP) is 1.82. The summed E-state index contributed by atoms with van der Waals surface area (Å²) in [6, 6.07) is 2.05. The van der Waals surface area contributed by atoms with Gasteiger partial charge in [-0.25, -0.2) is 9.50 Å². The molecule has 3 heterocycles. The minimum atomic E-state index is -0.193. The quantitative estimate of drug-likeness (QED) is 0.864. The molecule has 128 valence electrons. The summed E-state index contributed by atoms with van der Waals surface area (Å²) >= 11 is 0. The van der Waals surface area contributed by atoms with Crippen LogP contribution in [-0.4, -0.2) is 38.5 Å². The molecule has 0 aliphatic carbocycles. The Morgan fingerprint density at radius 1 is 1.52 bits per heavy atom. The molecule has 0 spiro atoms. The number of hydrogen-bond donors (Lipinski definition) is 1. The molecule has 1 aliphatic heterocycles. The molecule has 0 unspecified atom stereocenters. The maximum atomic E-state index is 12.9. The third-order valence-electron chi connectivity index (χ3n) is 4.39. The van der Waals surface area contributed by atoms with E-state index in [4.69, 9.17) is 0 Å². The molecule has 1 N–H and O–H groups in total. The van der Waals surface area contributed by atoms with Gasteiger partial charge >= 0.3 is 0 Å². The van der Waals surface area contributed by atoms with Crippen LogP contribution >= 0.6 is 0 Å². The van der Waals surface area contributed by atoms with Crippen LogP contribution in [0.4, 0.5) is 0 Å². The van der Waals surface area contributed by atoms with Gasteiger partial charge in [0.15, 0.2) is 5.65 Å². The maximum Gasteiger partial charge on any atom is 0.276 e. The van der Waals surface area contributed by atoms with Crippen molar-refractivity contribution in [3.8, 4) is 6.07 Å². The first-order valence-electron chi connectivity index (χ1n) is 8.12. The highest BCUT2D eigenvalue weighted by Gasteiger charge is 2.23. The molecular formula is C18H19N5O2. The van der Waals surface area contributed by atoms with E-state index in [9.17, 15) is 14.9 Å². The fourth-order valence-corrected chi connectivity index (χ4v) is 3.09. The van der Waals surface area contributed by atoms with E-state index in [1.807, 2.05) is 26.0 Å². The summed E-state index contributed by atoms with van der Waals surface area (Å²) in [5.41, 5.74) is 2.63. The number of carbonyl (C=O) groups is 1. The van der Waals surface area contributed by atoms with Gasteiger partial charge in [0.1, 0.15) is 11.6 Å². The van der Waals surface area contributed by atoms with Crippen molar-refractivity contribution in [3.05, 3.63) is 52.1 Å². The first kappa shape index (κ1) is 16.7. The molecule has 7 heteroatoms. The third kappa shape index (κ3) is 2.76. The average molecular weight is 337 g/mol. The Hall–Kier alpha value is -3.14. The monoisotopic (exact) mass is 337 g/mol. The van der Waals surface area contributed by atoms with E-state index in [0.29, 0.717) is 42.0 Å². The van der Waals surface area contributed by atoms with Gasteiger partial charge in [-0.15, -0.1) is 0 Å². The largest absolute Gasteiger partial charge is 0.335 e. The van der Waals surface area contributed by atoms with Crippen LogP contribution in [-0.2, 0) is 4.79 Å². The van der Waals surface area contributed by atoms with E-state index in [1.165, 1.54) is 16.8 Å². The molecule has 1 amide bonds. The molecule has 7 nitrogen and oxygen atoms in total. The Bertz CT molecular complexity index is 987. The highest BCUT2D eigenvalue weighted by atomic mass is 16.2. The molecule has 0 aromatic carbocycles. The minimum Gasteiger partial charge on any atom is -0.335 e. The minimum absolute atomic E-state index is 0.0190. The number of fused-ring (bicyclic) bond motifs is 1. The van der Waals surface area contributed by atoms with E-state index in [1.54, 1.807) is 4.90 Å². The zero-order chi connectivity index (χ0) is 18.1. The normalized spacial score (nSPS) is 14.5. The summed E-state index contributed by atoms with van der Waals surface area (Å²) in [5.74, 6) is -0.130. The van der Waals surface area contributed by atoms with Crippen LogP contribution in [0.15, 0.2) is 29.7 Å². The van der Waals surface area contributed by atoms with Crippen molar-refractivity contribution in [2.45, 2.75) is 26.2 Å². The van der Waals surface area contributed by atoms with Gasteiger partial charge in [-0.2, -0.15) is 5.26 Å². The van der Waals surface area contributed by atoms with Crippen molar-refractivity contribution in [1.82, 2.24) is 19.5 Å². The molecule has 25 heavy (non-hydrogen) atoms. The molecule has 0 saturated carbocycles. The SMILES string of the molecule is C=CC(=O)N1CC=C(c2nc3c(C#N)c[nH]n3c(=O)c2C(C)C)CC1. The summed E-state index contributed by atoms with van der Waals surface area (Å²) in [6.45, 7) is 8.40. The number of aromatic amines is 1. The number of aromatic nitrogens is 3. The van der Waals surface area contributed by atoms with Crippen molar-refractivity contribution >= 4 is 17.1 Å². The van der Waals surface area contributed by atoms with Gasteiger partial charge in [-0.3, -0.25) is 14.7 Å². The third-order valence-corrected chi connectivity index (χ3v) is 4.39. The molecule has 0 atom stereocenters. The van der Waals surface area contributed by atoms with Crippen molar-refractivity contribution in [1.29, 1.82) is 5.26 Å². The van der Waals surface area contributed by atoms with Gasteiger partial charge < -0.3 is 4.90 Å². The smallest absolute Gasteiger partial charge is 0.276 e. The Morgan fingerprint density at radius 2 is 2.28 bits per heavy atom. The van der Waals surface area contributed by atoms with Gasteiger partial charge in [0, 0.05) is 24.8 Å². The lowest BCUT2D eigenvalue weighted by atomic mass is 9.95. The summed E-state index contributed by atoms with van der Waals surface area (Å²) in [6.07, 6.45) is 5.31. The van der Waals surface area contributed by atoms with Gasteiger partial charge in [-0.05, 0) is 24.0 Å². The number of rotatable bonds is 3. The number of amides is 1. The van der Waals surface area contributed by atoms with Crippen molar-refractivity contribution in [2.75, 3.05) is 13.1 Å². The zero-order valence-electron chi connectivity index (χ0n) is 14.2. The molecule has 2 aromatic heterocycles. The summed E-state index contributed by atoms with van der Waals surface area (Å²) in [5, 5.41) is 12.0. The predicted molar refractivity (Wildman–Crippen MR) is 94.0 cm³/mol. The van der Waals surface area contributed by atoms with Crippen LogP contribution in [0.2, 0.25) is 0 Å². The average Bonchev–Trinajstić information content (AvgIpc) is 3.04. The van der Waals surface area contributed by atoms with Crippen LogP contribution < -0.4 is 5.56 Å². The van der Waals surface area contributed by atoms with E-state index in [2.05, 4.69) is 16.7 Å². The van der Waals surface area contributed by atoms with Gasteiger partial charge in [0.25, 0.3) is 5.56 Å². The molecule has 0 bridgehead atoms. The summed E-state index contributed by atoms with van der Waals surface area (Å²) < 4.78 is 1.31. The fourth-order valence-electron chi connectivity index (χ4n) is 3.09. The lowest BCUT2D eigenvalue weighted by Crippen LogP contribution is -2.34. The van der Waals surface area contributed by atoms with E-state index in [-0.39, 0.29) is 17.4 Å². The molecular weight excluding hydrogens is 318 g/mol. The number of nitrogens with zero attached hydrogens (tertiary/aromatic N) is 4. The van der Waals surface area contributed by atoms with Crippen molar-refractivity contribution in [2.24, 2.45) is 0 Å². The topological polar surface area (TPSA) is 94.3 Å². The van der Waals surface area contributed by atoms with Crippen LogP contribution in [0.3, 0.4) is 0 Å². The molecule has 0 saturated heterocycles. The molecule has 0 fully saturated rings. The Labute approximate surface area is 144 Å². The standard InChI is InChI=1S/C18H19N5O2/c1-4-14(24)22-7-5-12(6-8-22)16-15(11(2)3)18(25)23-17(21-16)13(9-19)10-20-23/h4-5,10-11,20H,1,6-8H2,2-3H3. The maximum absolute atomic E-state index is 12.9. The van der Waals surface area contributed by atoms with Crippen LogP contribution in [0, 0.1) is 11.3 Å². The van der Waals surface area contributed by atoms with E-state index in [0.717, 1.165) is 5.57 Å². The second-order valence-corrected chi connectivity index (χ2v) is 6.26. The second-order valence-electron chi connectivity index (χ2n) is 6.26. The number of nitrogens with one attached hydrogen (secondary N) is 1. The lowest BCUT2D eigenvalue weighted by Gasteiger charge is -2.26. The fraction of sp³-hybridized carbons (Fsp3) is 0.333. The summed E-state index contributed by atoms with van der Waals surface area (Å²) in [7, 11) is 0. The van der Waals surface area contributed by atoms with Crippen LogP contribution in [0.1, 0.15) is 43.0 Å². The highest BCUT2D eigenvalue weighted by molar-refractivity contribution is 5.88. The van der Waals surface area contributed by atoms with E-state index >= 15 is 0 Å². The molecule has 2 aromatic rings. The summed E-state index contributed by atoms with van der Waals surface area (Å²) in [4.78, 5) is 30.9. The molecule has 3 rings (SSSR count). The highest BCUT2D eigenvalue weighted by Crippen LogP contribution is 2.27. The van der Waals surface area contributed by atoms with Gasteiger partial charge in [0.2, 0.25) is 5.91 Å². The molecule has 0 radical (unpaired) electrons. The van der Waals surface area contributed by atoms with Crippen molar-refractivity contribution < 1.29 is 4.79 Å². The van der Waals surface area contributed by atoms with Crippen molar-refractivity contribution in [3.63, 3.8) is 0 Å². The lowest BCUT2D eigenvalue weighted by molar-refractivity contribution is -0.125. The molecule has 1 aliphatic rings. The Morgan fingerprint density at radius 3 is 2.84 bits per heavy atom. The van der Waals surface area contributed by atoms with E-state index < -0.39 is 0 Å². The van der Waals surface area contributed by atoms with Gasteiger partial charge in [-0.1, -0.05) is 26.5 Å². The Balaban J connectivity index is 2.15.